The van der Waals surface area contributed by atoms with Crippen molar-refractivity contribution < 1.29 is 9.59 Å². The third-order valence-corrected chi connectivity index (χ3v) is 7.55. The van der Waals surface area contributed by atoms with Crippen LogP contribution < -0.4 is 0 Å². The third kappa shape index (κ3) is 2.36. The van der Waals surface area contributed by atoms with Gasteiger partial charge in [-0.3, -0.25) is 9.59 Å². The van der Waals surface area contributed by atoms with Crippen molar-refractivity contribution in [3.63, 3.8) is 0 Å². The Bertz CT molecular complexity index is 546. The first-order valence-corrected chi connectivity index (χ1v) is 9.71. The largest absolute Gasteiger partial charge is 0.300 e. The number of hydrogen-bond acceptors (Lipinski definition) is 2. The van der Waals surface area contributed by atoms with Crippen molar-refractivity contribution in [2.24, 2.45) is 28.6 Å². The highest BCUT2D eigenvalue weighted by Gasteiger charge is 2.56. The van der Waals surface area contributed by atoms with Gasteiger partial charge in [-0.05, 0) is 55.3 Å². The Balaban J connectivity index is 0.000000753. The van der Waals surface area contributed by atoms with E-state index in [1.54, 1.807) is 5.57 Å². The molecule has 2 nitrogen and oxygen atoms in total. The van der Waals surface area contributed by atoms with Gasteiger partial charge in [-0.25, -0.2) is 0 Å². The van der Waals surface area contributed by atoms with Crippen LogP contribution in [0.15, 0.2) is 11.6 Å². The quantitative estimate of drug-likeness (QED) is 0.582. The van der Waals surface area contributed by atoms with Gasteiger partial charge in [0.2, 0.25) is 0 Å². The lowest BCUT2D eigenvalue weighted by Gasteiger charge is -2.54. The average Bonchev–Trinajstić information content (AvgIpc) is 2.86. The van der Waals surface area contributed by atoms with E-state index in [4.69, 9.17) is 0 Å². The maximum Gasteiger partial charge on any atom is 0.139 e. The minimum absolute atomic E-state index is 0.0815. The number of rotatable bonds is 0. The van der Waals surface area contributed by atoms with Crippen molar-refractivity contribution in [2.75, 3.05) is 0 Å². The van der Waals surface area contributed by atoms with Gasteiger partial charge in [0.05, 0.1) is 0 Å². The summed E-state index contributed by atoms with van der Waals surface area (Å²) < 4.78 is 0. The molecular weight excluding hydrogens is 284 g/mol. The summed E-state index contributed by atoms with van der Waals surface area (Å²) in [6.07, 6.45) is 10.2. The second kappa shape index (κ2) is 5.86. The zero-order valence-corrected chi connectivity index (χ0v) is 15.3. The predicted octanol–water partition coefficient (Wildman–Crippen LogP) is 5.11. The fourth-order valence-corrected chi connectivity index (χ4v) is 6.10. The molecule has 0 aromatic carbocycles. The van der Waals surface area contributed by atoms with Crippen LogP contribution in [0.2, 0.25) is 0 Å². The molecule has 23 heavy (non-hydrogen) atoms. The number of fused-ring (bicyclic) bond motifs is 5. The molecule has 3 saturated carbocycles. The molecule has 0 spiro atoms. The van der Waals surface area contributed by atoms with Crippen LogP contribution in [-0.4, -0.2) is 11.6 Å². The SMILES string of the molecule is CC.CC12CCC(=O)CC1CCC1C2=CCC2(C)C(=O)CCC12. The fourth-order valence-electron chi connectivity index (χ4n) is 6.10. The lowest BCUT2D eigenvalue weighted by molar-refractivity contribution is -0.128. The highest BCUT2D eigenvalue weighted by Crippen LogP contribution is 2.62. The van der Waals surface area contributed by atoms with Crippen LogP contribution in [0.3, 0.4) is 0 Å². The second-order valence-corrected chi connectivity index (χ2v) is 8.39. The van der Waals surface area contributed by atoms with Gasteiger partial charge in [0.15, 0.2) is 0 Å². The number of Topliss-reactive ketones (excluding diaryl/α,β-unsaturated/α-hetero) is 2. The van der Waals surface area contributed by atoms with Crippen molar-refractivity contribution in [1.82, 2.24) is 0 Å². The number of allylic oxidation sites excluding steroid dienone is 2. The van der Waals surface area contributed by atoms with E-state index in [1.807, 2.05) is 13.8 Å². The molecule has 0 aliphatic heterocycles. The van der Waals surface area contributed by atoms with E-state index in [0.717, 1.165) is 38.5 Å². The minimum Gasteiger partial charge on any atom is -0.300 e. The van der Waals surface area contributed by atoms with Crippen molar-refractivity contribution in [3.05, 3.63) is 11.6 Å². The van der Waals surface area contributed by atoms with Gasteiger partial charge in [-0.2, -0.15) is 0 Å². The standard InChI is InChI=1S/C19H26O2.C2H6/c1-18-9-7-13(20)11-12(18)3-4-14-15-5-6-17(21)19(15,2)10-8-16(14)18;1-2/h8,12,14-15H,3-7,9-11H2,1-2H3;1-2H3. The molecule has 3 fully saturated rings. The molecule has 5 unspecified atom stereocenters. The van der Waals surface area contributed by atoms with E-state index in [-0.39, 0.29) is 10.8 Å². The summed E-state index contributed by atoms with van der Waals surface area (Å²) in [6.45, 7) is 8.61. The van der Waals surface area contributed by atoms with Crippen molar-refractivity contribution in [1.29, 1.82) is 0 Å². The molecule has 0 radical (unpaired) electrons. The normalized spacial score (nSPS) is 45.2. The minimum atomic E-state index is -0.0815. The molecule has 4 aliphatic rings. The van der Waals surface area contributed by atoms with Gasteiger partial charge in [-0.15, -0.1) is 0 Å². The predicted molar refractivity (Wildman–Crippen MR) is 93.1 cm³/mol. The lowest BCUT2D eigenvalue weighted by Crippen LogP contribution is -2.48. The highest BCUT2D eigenvalue weighted by atomic mass is 16.1. The van der Waals surface area contributed by atoms with Gasteiger partial charge in [0.25, 0.3) is 0 Å². The van der Waals surface area contributed by atoms with Gasteiger partial charge >= 0.3 is 0 Å². The Kier molecular flexibility index (Phi) is 4.31. The molecule has 5 atom stereocenters. The summed E-state index contributed by atoms with van der Waals surface area (Å²) in [5.41, 5.74) is 1.79. The molecule has 0 aromatic rings. The Labute approximate surface area is 141 Å². The van der Waals surface area contributed by atoms with E-state index in [2.05, 4.69) is 19.9 Å². The Morgan fingerprint density at radius 3 is 2.48 bits per heavy atom. The summed E-state index contributed by atoms with van der Waals surface area (Å²) in [7, 11) is 0. The smallest absolute Gasteiger partial charge is 0.139 e. The monoisotopic (exact) mass is 316 g/mol. The van der Waals surface area contributed by atoms with Gasteiger partial charge < -0.3 is 0 Å². The number of carbonyl (C=O) groups excluding carboxylic acids is 2. The molecule has 2 heteroatoms. The van der Waals surface area contributed by atoms with E-state index in [0.29, 0.717) is 29.3 Å². The number of ketones is 2. The molecule has 4 rings (SSSR count). The second-order valence-electron chi connectivity index (χ2n) is 8.39. The first-order chi connectivity index (χ1) is 10.9. The molecule has 4 aliphatic carbocycles. The molecule has 0 heterocycles. The van der Waals surface area contributed by atoms with Gasteiger partial charge in [-0.1, -0.05) is 39.3 Å². The van der Waals surface area contributed by atoms with E-state index < -0.39 is 0 Å². The molecule has 0 bridgehead atoms. The molecule has 0 N–H and O–H groups in total. The zero-order chi connectivity index (χ0) is 16.8. The van der Waals surface area contributed by atoms with Crippen LogP contribution >= 0.6 is 0 Å². The lowest BCUT2D eigenvalue weighted by atomic mass is 9.49. The maximum atomic E-state index is 12.3. The zero-order valence-electron chi connectivity index (χ0n) is 15.3. The first-order valence-electron chi connectivity index (χ1n) is 9.71. The Morgan fingerprint density at radius 1 is 1.00 bits per heavy atom. The molecule has 128 valence electrons. The van der Waals surface area contributed by atoms with Crippen LogP contribution in [0.5, 0.6) is 0 Å². The maximum absolute atomic E-state index is 12.3. The Hall–Kier alpha value is -0.920. The number of carbonyl (C=O) groups is 2. The van der Waals surface area contributed by atoms with Crippen molar-refractivity contribution in [2.45, 2.75) is 79.1 Å². The van der Waals surface area contributed by atoms with E-state index in [9.17, 15) is 9.59 Å². The summed E-state index contributed by atoms with van der Waals surface area (Å²) in [4.78, 5) is 24.2. The topological polar surface area (TPSA) is 34.1 Å². The van der Waals surface area contributed by atoms with Crippen LogP contribution in [0.25, 0.3) is 0 Å². The molecule has 0 amide bonds. The van der Waals surface area contributed by atoms with E-state index >= 15 is 0 Å². The molecular formula is C21H32O2. The van der Waals surface area contributed by atoms with E-state index in [1.165, 1.54) is 12.8 Å². The summed E-state index contributed by atoms with van der Waals surface area (Å²) in [6, 6.07) is 0. The molecule has 0 saturated heterocycles. The van der Waals surface area contributed by atoms with Crippen molar-refractivity contribution >= 4 is 11.6 Å². The van der Waals surface area contributed by atoms with Crippen LogP contribution in [0, 0.1) is 28.6 Å². The summed E-state index contributed by atoms with van der Waals surface area (Å²) in [5.74, 6) is 2.70. The first kappa shape index (κ1) is 16.9. The van der Waals surface area contributed by atoms with Crippen LogP contribution in [0.1, 0.15) is 79.1 Å². The average molecular weight is 316 g/mol. The van der Waals surface area contributed by atoms with Crippen LogP contribution in [0.4, 0.5) is 0 Å². The van der Waals surface area contributed by atoms with Gasteiger partial charge in [0.1, 0.15) is 11.6 Å². The summed E-state index contributed by atoms with van der Waals surface area (Å²) in [5, 5.41) is 0. The number of hydrogen-bond donors (Lipinski definition) is 0. The fraction of sp³-hybridized carbons (Fsp3) is 0.810. The third-order valence-electron chi connectivity index (χ3n) is 7.55. The molecule has 0 aromatic heterocycles. The van der Waals surface area contributed by atoms with Crippen molar-refractivity contribution in [3.8, 4) is 0 Å². The highest BCUT2D eigenvalue weighted by molar-refractivity contribution is 5.87. The Morgan fingerprint density at radius 2 is 1.74 bits per heavy atom. The summed E-state index contributed by atoms with van der Waals surface area (Å²) >= 11 is 0. The van der Waals surface area contributed by atoms with Gasteiger partial charge in [0, 0.05) is 24.7 Å². The van der Waals surface area contributed by atoms with Crippen LogP contribution in [-0.2, 0) is 9.59 Å².